The molecule has 0 aliphatic rings. The van der Waals surface area contributed by atoms with Crippen LogP contribution in [-0.2, 0) is 11.2 Å². The van der Waals surface area contributed by atoms with Gasteiger partial charge in [0.15, 0.2) is 0 Å². The molecule has 1 aromatic carbocycles. The molecule has 0 atom stereocenters. The van der Waals surface area contributed by atoms with Crippen LogP contribution in [0.15, 0.2) is 41.1 Å². The zero-order valence-electron chi connectivity index (χ0n) is 11.0. The first-order valence-corrected chi connectivity index (χ1v) is 6.87. The molecule has 20 heavy (non-hydrogen) atoms. The van der Waals surface area contributed by atoms with E-state index in [0.717, 1.165) is 15.8 Å². The molecule has 1 N–H and O–H groups in total. The molecule has 0 aliphatic carbocycles. The number of aromatic nitrogens is 2. The Kier molecular flexibility index (Phi) is 5.06. The molecule has 0 fully saturated rings. The predicted octanol–water partition coefficient (Wildman–Crippen LogP) is 2.82. The number of aryl methyl sites for hydroxylation is 1. The Morgan fingerprint density at radius 2 is 2.10 bits per heavy atom. The van der Waals surface area contributed by atoms with Crippen LogP contribution in [0.1, 0.15) is 12.0 Å². The number of benzene rings is 1. The maximum Gasteiger partial charge on any atom is 0.229 e. The summed E-state index contributed by atoms with van der Waals surface area (Å²) in [6, 6.07) is 7.46. The van der Waals surface area contributed by atoms with Crippen molar-refractivity contribution in [3.63, 3.8) is 0 Å². The van der Waals surface area contributed by atoms with Crippen LogP contribution in [-0.4, -0.2) is 23.0 Å². The van der Waals surface area contributed by atoms with Crippen molar-refractivity contribution in [3.05, 3.63) is 46.7 Å². The molecule has 2 rings (SSSR count). The van der Waals surface area contributed by atoms with Gasteiger partial charge < -0.3 is 4.74 Å². The van der Waals surface area contributed by atoms with Crippen molar-refractivity contribution in [1.29, 1.82) is 0 Å². The average molecular weight is 336 g/mol. The zero-order chi connectivity index (χ0) is 14.4. The molecule has 104 valence electrons. The van der Waals surface area contributed by atoms with E-state index in [1.54, 1.807) is 25.6 Å². The number of carbonyl (C=O) groups excluding carboxylic acids is 1. The average Bonchev–Trinajstić information content (AvgIpc) is 2.46. The molecule has 1 heterocycles. The number of hydrogen-bond acceptors (Lipinski definition) is 4. The summed E-state index contributed by atoms with van der Waals surface area (Å²) < 4.78 is 6.04. The van der Waals surface area contributed by atoms with Gasteiger partial charge >= 0.3 is 0 Å². The number of methoxy groups -OCH3 is 1. The van der Waals surface area contributed by atoms with E-state index in [1.807, 2.05) is 18.2 Å². The quantitative estimate of drug-likeness (QED) is 0.912. The van der Waals surface area contributed by atoms with E-state index in [1.165, 1.54) is 0 Å². The van der Waals surface area contributed by atoms with Crippen molar-refractivity contribution in [3.8, 4) is 5.75 Å². The summed E-state index contributed by atoms with van der Waals surface area (Å²) in [5.74, 6) is 0.993. The highest BCUT2D eigenvalue weighted by atomic mass is 79.9. The SMILES string of the molecule is COc1ccc(CCC(=O)Nc2ncccn2)cc1Br. The van der Waals surface area contributed by atoms with Crippen molar-refractivity contribution in [1.82, 2.24) is 9.97 Å². The fourth-order valence-corrected chi connectivity index (χ4v) is 2.26. The fraction of sp³-hybridized carbons (Fsp3) is 0.214. The minimum absolute atomic E-state index is 0.108. The molecule has 0 aliphatic heterocycles. The molecule has 1 aromatic heterocycles. The Morgan fingerprint density at radius 1 is 1.35 bits per heavy atom. The van der Waals surface area contributed by atoms with E-state index in [2.05, 4.69) is 31.2 Å². The van der Waals surface area contributed by atoms with Gasteiger partial charge in [0, 0.05) is 18.8 Å². The Morgan fingerprint density at radius 3 is 2.75 bits per heavy atom. The largest absolute Gasteiger partial charge is 0.496 e. The van der Waals surface area contributed by atoms with Gasteiger partial charge in [-0.05, 0) is 46.1 Å². The van der Waals surface area contributed by atoms with E-state index in [9.17, 15) is 4.79 Å². The highest BCUT2D eigenvalue weighted by Gasteiger charge is 2.06. The Bertz CT molecular complexity index is 590. The highest BCUT2D eigenvalue weighted by Crippen LogP contribution is 2.25. The molecule has 0 radical (unpaired) electrons. The van der Waals surface area contributed by atoms with E-state index in [4.69, 9.17) is 4.74 Å². The molecule has 2 aromatic rings. The van der Waals surface area contributed by atoms with Crippen LogP contribution in [0.5, 0.6) is 5.75 Å². The third kappa shape index (κ3) is 4.03. The Hall–Kier alpha value is -1.95. The van der Waals surface area contributed by atoms with Crippen LogP contribution >= 0.6 is 15.9 Å². The normalized spacial score (nSPS) is 10.1. The van der Waals surface area contributed by atoms with Crippen LogP contribution in [0.25, 0.3) is 0 Å². The summed E-state index contributed by atoms with van der Waals surface area (Å²) in [5, 5.41) is 2.65. The topological polar surface area (TPSA) is 64.1 Å². The van der Waals surface area contributed by atoms with Gasteiger partial charge in [0.25, 0.3) is 0 Å². The summed E-state index contributed by atoms with van der Waals surface area (Å²) >= 11 is 3.42. The van der Waals surface area contributed by atoms with Gasteiger partial charge in [-0.1, -0.05) is 6.07 Å². The lowest BCUT2D eigenvalue weighted by atomic mass is 10.1. The van der Waals surface area contributed by atoms with Gasteiger partial charge in [0.2, 0.25) is 11.9 Å². The number of nitrogens with zero attached hydrogens (tertiary/aromatic N) is 2. The van der Waals surface area contributed by atoms with Crippen LogP contribution in [0, 0.1) is 0 Å². The Balaban J connectivity index is 1.89. The van der Waals surface area contributed by atoms with Gasteiger partial charge in [0.1, 0.15) is 5.75 Å². The van der Waals surface area contributed by atoms with Crippen molar-refractivity contribution >= 4 is 27.8 Å². The first-order valence-electron chi connectivity index (χ1n) is 6.08. The molecule has 6 heteroatoms. The third-order valence-corrected chi connectivity index (χ3v) is 3.29. The molecule has 0 unspecified atom stereocenters. The second-order valence-electron chi connectivity index (χ2n) is 4.09. The molecule has 0 bridgehead atoms. The number of carbonyl (C=O) groups is 1. The van der Waals surface area contributed by atoms with E-state index >= 15 is 0 Å². The maximum atomic E-state index is 11.8. The minimum atomic E-state index is -0.108. The summed E-state index contributed by atoms with van der Waals surface area (Å²) in [4.78, 5) is 19.7. The number of halogens is 1. The third-order valence-electron chi connectivity index (χ3n) is 2.67. The molecule has 1 amide bonds. The lowest BCUT2D eigenvalue weighted by molar-refractivity contribution is -0.116. The monoisotopic (exact) mass is 335 g/mol. The molecular formula is C14H14BrN3O2. The molecule has 0 saturated carbocycles. The molecular weight excluding hydrogens is 322 g/mol. The number of anilines is 1. The number of amides is 1. The summed E-state index contributed by atoms with van der Waals surface area (Å²) in [6.45, 7) is 0. The predicted molar refractivity (Wildman–Crippen MR) is 79.7 cm³/mol. The number of hydrogen-bond donors (Lipinski definition) is 1. The van der Waals surface area contributed by atoms with E-state index < -0.39 is 0 Å². The summed E-state index contributed by atoms with van der Waals surface area (Å²) in [5.41, 5.74) is 1.06. The summed E-state index contributed by atoms with van der Waals surface area (Å²) in [7, 11) is 1.62. The van der Waals surface area contributed by atoms with Crippen LogP contribution < -0.4 is 10.1 Å². The number of rotatable bonds is 5. The molecule has 5 nitrogen and oxygen atoms in total. The first kappa shape index (κ1) is 14.5. The fourth-order valence-electron chi connectivity index (χ4n) is 1.67. The minimum Gasteiger partial charge on any atom is -0.496 e. The first-order chi connectivity index (χ1) is 9.69. The van der Waals surface area contributed by atoms with Crippen molar-refractivity contribution in [2.24, 2.45) is 0 Å². The lowest BCUT2D eigenvalue weighted by Gasteiger charge is -2.06. The maximum absolute atomic E-state index is 11.8. The summed E-state index contributed by atoms with van der Waals surface area (Å²) in [6.07, 6.45) is 4.19. The Labute approximate surface area is 125 Å². The van der Waals surface area contributed by atoms with Gasteiger partial charge in [-0.2, -0.15) is 0 Å². The van der Waals surface area contributed by atoms with Crippen LogP contribution in [0.2, 0.25) is 0 Å². The van der Waals surface area contributed by atoms with E-state index in [-0.39, 0.29) is 5.91 Å². The molecule has 0 spiro atoms. The second kappa shape index (κ2) is 7.00. The number of nitrogens with one attached hydrogen (secondary N) is 1. The lowest BCUT2D eigenvalue weighted by Crippen LogP contribution is -2.14. The van der Waals surface area contributed by atoms with Gasteiger partial charge in [0.05, 0.1) is 11.6 Å². The smallest absolute Gasteiger partial charge is 0.229 e. The van der Waals surface area contributed by atoms with Crippen LogP contribution in [0.3, 0.4) is 0 Å². The second-order valence-corrected chi connectivity index (χ2v) is 4.94. The van der Waals surface area contributed by atoms with Crippen molar-refractivity contribution in [2.75, 3.05) is 12.4 Å². The zero-order valence-corrected chi connectivity index (χ0v) is 12.6. The van der Waals surface area contributed by atoms with Gasteiger partial charge in [-0.15, -0.1) is 0 Å². The van der Waals surface area contributed by atoms with Crippen LogP contribution in [0.4, 0.5) is 5.95 Å². The van der Waals surface area contributed by atoms with E-state index in [0.29, 0.717) is 18.8 Å². The van der Waals surface area contributed by atoms with Gasteiger partial charge in [-0.3, -0.25) is 10.1 Å². The number of ether oxygens (including phenoxy) is 1. The molecule has 0 saturated heterocycles. The van der Waals surface area contributed by atoms with Crippen molar-refractivity contribution in [2.45, 2.75) is 12.8 Å². The van der Waals surface area contributed by atoms with Gasteiger partial charge in [-0.25, -0.2) is 9.97 Å². The highest BCUT2D eigenvalue weighted by molar-refractivity contribution is 9.10. The standard InChI is InChI=1S/C14H14BrN3O2/c1-20-12-5-3-10(9-11(12)15)4-6-13(19)18-14-16-7-2-8-17-14/h2-3,5,7-9H,4,6H2,1H3,(H,16,17,18,19). The van der Waals surface area contributed by atoms with Crippen molar-refractivity contribution < 1.29 is 9.53 Å².